The minimum Gasteiger partial charge on any atom is -0.493 e. The molecule has 2 aromatic carbocycles. The molecule has 0 aromatic heterocycles. The molecule has 1 N–H and O–H groups in total. The topological polar surface area (TPSA) is 42.8 Å². The predicted molar refractivity (Wildman–Crippen MR) is 86.8 cm³/mol. The van der Waals surface area contributed by atoms with Crippen LogP contribution in [0.4, 0.5) is 5.69 Å². The second-order valence-electron chi connectivity index (χ2n) is 4.22. The molecule has 21 heavy (non-hydrogen) atoms. The largest absolute Gasteiger partial charge is 0.493 e. The van der Waals surface area contributed by atoms with Crippen molar-refractivity contribution in [1.29, 1.82) is 0 Å². The van der Waals surface area contributed by atoms with Crippen LogP contribution in [-0.4, -0.2) is 19.9 Å². The first kappa shape index (κ1) is 15.2. The lowest BCUT2D eigenvalue weighted by molar-refractivity contribution is 0.311. The first-order valence-electron chi connectivity index (χ1n) is 6.58. The van der Waals surface area contributed by atoms with Crippen LogP contribution in [0.5, 0.6) is 11.5 Å². The van der Waals surface area contributed by atoms with E-state index in [1.807, 2.05) is 43.3 Å². The van der Waals surface area contributed by atoms with Gasteiger partial charge in [-0.3, -0.25) is 5.43 Å². The third kappa shape index (κ3) is 4.39. The summed E-state index contributed by atoms with van der Waals surface area (Å²) >= 11 is 5.91. The van der Waals surface area contributed by atoms with Gasteiger partial charge in [0.05, 0.1) is 25.6 Å². The molecule has 2 rings (SSSR count). The summed E-state index contributed by atoms with van der Waals surface area (Å²) in [4.78, 5) is 0. The number of anilines is 1. The second-order valence-corrected chi connectivity index (χ2v) is 4.66. The van der Waals surface area contributed by atoms with E-state index in [2.05, 4.69) is 10.5 Å². The molecule has 0 unspecified atom stereocenters. The summed E-state index contributed by atoms with van der Waals surface area (Å²) in [6.07, 6.45) is 1.71. The third-order valence-electron chi connectivity index (χ3n) is 2.72. The number of rotatable bonds is 6. The van der Waals surface area contributed by atoms with Gasteiger partial charge in [0, 0.05) is 5.02 Å². The van der Waals surface area contributed by atoms with Gasteiger partial charge in [-0.05, 0) is 48.9 Å². The van der Waals surface area contributed by atoms with Gasteiger partial charge in [0.25, 0.3) is 0 Å². The van der Waals surface area contributed by atoms with Crippen molar-refractivity contribution >= 4 is 23.5 Å². The number of hydrogen-bond acceptors (Lipinski definition) is 4. The Morgan fingerprint density at radius 2 is 2.05 bits per heavy atom. The molecule has 0 aliphatic heterocycles. The molecule has 5 heteroatoms. The summed E-state index contributed by atoms with van der Waals surface area (Å²) < 4.78 is 10.8. The van der Waals surface area contributed by atoms with E-state index in [-0.39, 0.29) is 0 Å². The van der Waals surface area contributed by atoms with E-state index >= 15 is 0 Å². The molecular formula is C16H17ClN2O2. The highest BCUT2D eigenvalue weighted by atomic mass is 35.5. The maximum Gasteiger partial charge on any atom is 0.161 e. The molecule has 0 bridgehead atoms. The molecule has 0 aliphatic carbocycles. The molecule has 110 valence electrons. The predicted octanol–water partition coefficient (Wildman–Crippen LogP) is 4.19. The van der Waals surface area contributed by atoms with Gasteiger partial charge in [-0.1, -0.05) is 17.7 Å². The summed E-state index contributed by atoms with van der Waals surface area (Å²) in [6, 6.07) is 13.0. The molecule has 0 aliphatic rings. The molecule has 0 atom stereocenters. The van der Waals surface area contributed by atoms with Crippen LogP contribution in [0.2, 0.25) is 5.02 Å². The zero-order valence-corrected chi connectivity index (χ0v) is 12.7. The monoisotopic (exact) mass is 304 g/mol. The zero-order valence-electron chi connectivity index (χ0n) is 12.0. The molecule has 2 aromatic rings. The van der Waals surface area contributed by atoms with E-state index in [0.717, 1.165) is 11.3 Å². The van der Waals surface area contributed by atoms with Gasteiger partial charge < -0.3 is 9.47 Å². The molecule has 0 radical (unpaired) electrons. The first-order chi connectivity index (χ1) is 10.2. The zero-order chi connectivity index (χ0) is 15.1. The van der Waals surface area contributed by atoms with Crippen LogP contribution >= 0.6 is 11.6 Å². The van der Waals surface area contributed by atoms with Crippen LogP contribution in [0, 0.1) is 0 Å². The molecule has 0 saturated heterocycles. The number of hydrogen-bond donors (Lipinski definition) is 1. The summed E-state index contributed by atoms with van der Waals surface area (Å²) in [7, 11) is 1.62. The summed E-state index contributed by atoms with van der Waals surface area (Å²) in [5, 5.41) is 4.84. The number of hydrazone groups is 1. The van der Waals surface area contributed by atoms with Gasteiger partial charge in [0.2, 0.25) is 0 Å². The lowest BCUT2D eigenvalue weighted by Crippen LogP contribution is -1.97. The van der Waals surface area contributed by atoms with Crippen molar-refractivity contribution in [3.63, 3.8) is 0 Å². The molecule has 0 fully saturated rings. The molecule has 0 heterocycles. The molecule has 0 spiro atoms. The van der Waals surface area contributed by atoms with Gasteiger partial charge in [-0.2, -0.15) is 5.10 Å². The van der Waals surface area contributed by atoms with Gasteiger partial charge in [-0.15, -0.1) is 0 Å². The Hall–Kier alpha value is -2.20. The Morgan fingerprint density at radius 3 is 2.76 bits per heavy atom. The highest BCUT2D eigenvalue weighted by Crippen LogP contribution is 2.27. The quantitative estimate of drug-likeness (QED) is 0.642. The van der Waals surface area contributed by atoms with Gasteiger partial charge >= 0.3 is 0 Å². The fourth-order valence-electron chi connectivity index (χ4n) is 1.78. The number of nitrogens with zero attached hydrogens (tertiary/aromatic N) is 1. The van der Waals surface area contributed by atoms with Crippen molar-refractivity contribution in [3.05, 3.63) is 53.1 Å². The van der Waals surface area contributed by atoms with Gasteiger partial charge in [-0.25, -0.2) is 0 Å². The Balaban J connectivity index is 2.08. The molecule has 4 nitrogen and oxygen atoms in total. The van der Waals surface area contributed by atoms with E-state index in [9.17, 15) is 0 Å². The number of halogens is 1. The van der Waals surface area contributed by atoms with Crippen LogP contribution in [-0.2, 0) is 0 Å². The van der Waals surface area contributed by atoms with E-state index in [4.69, 9.17) is 21.1 Å². The van der Waals surface area contributed by atoms with E-state index in [1.165, 1.54) is 0 Å². The van der Waals surface area contributed by atoms with Crippen molar-refractivity contribution in [2.75, 3.05) is 19.1 Å². The normalized spacial score (nSPS) is 10.6. The summed E-state index contributed by atoms with van der Waals surface area (Å²) in [6.45, 7) is 2.51. The minimum absolute atomic E-state index is 0.581. The third-order valence-corrected chi connectivity index (χ3v) is 2.95. The lowest BCUT2D eigenvalue weighted by atomic mass is 10.2. The Kier molecular flexibility index (Phi) is 5.46. The maximum absolute atomic E-state index is 5.91. The van der Waals surface area contributed by atoms with Gasteiger partial charge in [0.1, 0.15) is 0 Å². The van der Waals surface area contributed by atoms with Crippen LogP contribution in [0.15, 0.2) is 47.6 Å². The maximum atomic E-state index is 5.91. The van der Waals surface area contributed by atoms with Crippen LogP contribution in [0.25, 0.3) is 0 Å². The lowest BCUT2D eigenvalue weighted by Gasteiger charge is -2.09. The van der Waals surface area contributed by atoms with Crippen LogP contribution < -0.4 is 14.9 Å². The summed E-state index contributed by atoms with van der Waals surface area (Å²) in [5.74, 6) is 1.41. The van der Waals surface area contributed by atoms with E-state index in [0.29, 0.717) is 23.1 Å². The smallest absolute Gasteiger partial charge is 0.161 e. The van der Waals surface area contributed by atoms with Crippen molar-refractivity contribution in [1.82, 2.24) is 0 Å². The average Bonchev–Trinajstić information content (AvgIpc) is 2.48. The van der Waals surface area contributed by atoms with Crippen LogP contribution in [0.3, 0.4) is 0 Å². The second kappa shape index (κ2) is 7.55. The Morgan fingerprint density at radius 1 is 1.19 bits per heavy atom. The summed E-state index contributed by atoms with van der Waals surface area (Å²) in [5.41, 5.74) is 4.67. The van der Waals surface area contributed by atoms with Crippen molar-refractivity contribution < 1.29 is 9.47 Å². The molecule has 0 amide bonds. The van der Waals surface area contributed by atoms with E-state index in [1.54, 1.807) is 19.4 Å². The highest BCUT2D eigenvalue weighted by molar-refractivity contribution is 6.30. The standard InChI is InChI=1S/C16H17ClN2O2/c1-3-21-16-9-12(7-8-15(16)20-2)11-18-19-14-6-4-5-13(17)10-14/h4-11,19H,3H2,1-2H3. The van der Waals surface area contributed by atoms with Crippen molar-refractivity contribution in [2.45, 2.75) is 6.92 Å². The Bertz CT molecular complexity index is 629. The molecule has 0 saturated carbocycles. The fourth-order valence-corrected chi connectivity index (χ4v) is 1.97. The number of nitrogens with one attached hydrogen (secondary N) is 1. The fraction of sp³-hybridized carbons (Fsp3) is 0.188. The average molecular weight is 305 g/mol. The number of benzene rings is 2. The van der Waals surface area contributed by atoms with Crippen molar-refractivity contribution in [3.8, 4) is 11.5 Å². The van der Waals surface area contributed by atoms with Crippen LogP contribution in [0.1, 0.15) is 12.5 Å². The molecular weight excluding hydrogens is 288 g/mol. The highest BCUT2D eigenvalue weighted by Gasteiger charge is 2.03. The van der Waals surface area contributed by atoms with Gasteiger partial charge in [0.15, 0.2) is 11.5 Å². The Labute approximate surface area is 129 Å². The first-order valence-corrected chi connectivity index (χ1v) is 6.96. The van der Waals surface area contributed by atoms with E-state index < -0.39 is 0 Å². The number of ether oxygens (including phenoxy) is 2. The van der Waals surface area contributed by atoms with Crippen molar-refractivity contribution in [2.24, 2.45) is 5.10 Å². The number of methoxy groups -OCH3 is 1. The SMILES string of the molecule is CCOc1cc(C=NNc2cccc(Cl)c2)ccc1OC. The minimum atomic E-state index is 0.581.